The van der Waals surface area contributed by atoms with Gasteiger partial charge in [-0.15, -0.1) is 0 Å². The maximum Gasteiger partial charge on any atom is 0.254 e. The molecule has 0 aromatic heterocycles. The minimum atomic E-state index is -0.513. The van der Waals surface area contributed by atoms with E-state index in [2.05, 4.69) is 5.32 Å². The van der Waals surface area contributed by atoms with Gasteiger partial charge >= 0.3 is 0 Å². The SMILES string of the molecule is CN1CCO[C@H]([C@@H](Nc2ccccc2)c2ccccc2)C1=O. The van der Waals surface area contributed by atoms with Gasteiger partial charge in [-0.25, -0.2) is 0 Å². The van der Waals surface area contributed by atoms with Crippen molar-refractivity contribution >= 4 is 11.6 Å². The van der Waals surface area contributed by atoms with Gasteiger partial charge in [-0.3, -0.25) is 4.79 Å². The summed E-state index contributed by atoms with van der Waals surface area (Å²) in [6, 6.07) is 19.7. The fourth-order valence-corrected chi connectivity index (χ4v) is 2.66. The third-order valence-corrected chi connectivity index (χ3v) is 3.90. The predicted octanol–water partition coefficient (Wildman–Crippen LogP) is 2.70. The monoisotopic (exact) mass is 296 g/mol. The van der Waals surface area contributed by atoms with E-state index >= 15 is 0 Å². The number of benzene rings is 2. The molecule has 0 unspecified atom stereocenters. The highest BCUT2D eigenvalue weighted by molar-refractivity contribution is 5.83. The number of nitrogens with one attached hydrogen (secondary N) is 1. The molecule has 4 nitrogen and oxygen atoms in total. The molecule has 1 aliphatic rings. The van der Waals surface area contributed by atoms with Gasteiger partial charge in [0.2, 0.25) is 0 Å². The topological polar surface area (TPSA) is 41.6 Å². The summed E-state index contributed by atoms with van der Waals surface area (Å²) in [6.45, 7) is 1.20. The van der Waals surface area contributed by atoms with E-state index in [1.165, 1.54) is 0 Å². The summed E-state index contributed by atoms with van der Waals surface area (Å²) in [4.78, 5) is 14.2. The van der Waals surface area contributed by atoms with Crippen LogP contribution in [0.1, 0.15) is 11.6 Å². The number of carbonyl (C=O) groups excluding carboxylic acids is 1. The van der Waals surface area contributed by atoms with Crippen LogP contribution in [0.25, 0.3) is 0 Å². The molecule has 1 N–H and O–H groups in total. The number of anilines is 1. The van der Waals surface area contributed by atoms with Gasteiger partial charge in [0.1, 0.15) is 0 Å². The van der Waals surface area contributed by atoms with E-state index in [0.29, 0.717) is 13.2 Å². The molecule has 3 rings (SSSR count). The maximum atomic E-state index is 12.5. The summed E-state index contributed by atoms with van der Waals surface area (Å²) >= 11 is 0. The molecule has 0 saturated carbocycles. The normalized spacial score (nSPS) is 19.8. The number of para-hydroxylation sites is 1. The van der Waals surface area contributed by atoms with Crippen LogP contribution in [-0.2, 0) is 9.53 Å². The summed E-state index contributed by atoms with van der Waals surface area (Å²) in [5.41, 5.74) is 2.01. The average molecular weight is 296 g/mol. The van der Waals surface area contributed by atoms with E-state index in [4.69, 9.17) is 4.74 Å². The Kier molecular flexibility index (Phi) is 4.39. The number of ether oxygens (including phenoxy) is 1. The molecule has 0 spiro atoms. The van der Waals surface area contributed by atoms with E-state index in [-0.39, 0.29) is 11.9 Å². The summed E-state index contributed by atoms with van der Waals surface area (Å²) < 4.78 is 5.80. The zero-order valence-electron chi connectivity index (χ0n) is 12.6. The molecule has 1 heterocycles. The van der Waals surface area contributed by atoms with Crippen LogP contribution >= 0.6 is 0 Å². The molecule has 0 radical (unpaired) electrons. The fraction of sp³-hybridized carbons (Fsp3) is 0.278. The van der Waals surface area contributed by atoms with Crippen molar-refractivity contribution in [1.82, 2.24) is 4.90 Å². The number of hydrogen-bond donors (Lipinski definition) is 1. The van der Waals surface area contributed by atoms with Gasteiger partial charge in [-0.2, -0.15) is 0 Å². The van der Waals surface area contributed by atoms with Crippen molar-refractivity contribution in [2.45, 2.75) is 12.1 Å². The van der Waals surface area contributed by atoms with Crippen LogP contribution < -0.4 is 5.32 Å². The lowest BCUT2D eigenvalue weighted by Crippen LogP contribution is -2.49. The number of morpholine rings is 1. The minimum absolute atomic E-state index is 0.0172. The predicted molar refractivity (Wildman–Crippen MR) is 86.6 cm³/mol. The van der Waals surface area contributed by atoms with Crippen molar-refractivity contribution in [2.75, 3.05) is 25.5 Å². The molecule has 1 fully saturated rings. The van der Waals surface area contributed by atoms with Gasteiger partial charge in [-0.05, 0) is 17.7 Å². The molecule has 114 valence electrons. The first-order chi connectivity index (χ1) is 10.8. The first-order valence-electron chi connectivity index (χ1n) is 7.49. The quantitative estimate of drug-likeness (QED) is 0.943. The lowest BCUT2D eigenvalue weighted by molar-refractivity contribution is -0.152. The standard InChI is InChI=1S/C18H20N2O2/c1-20-12-13-22-17(18(20)21)16(14-8-4-2-5-9-14)19-15-10-6-3-7-11-15/h2-11,16-17,19H,12-13H2,1H3/t16-,17+/m0/s1. The number of likely N-dealkylation sites (N-methyl/N-ethyl adjacent to an activating group) is 1. The molecule has 0 bridgehead atoms. The van der Waals surface area contributed by atoms with E-state index in [1.807, 2.05) is 67.7 Å². The third kappa shape index (κ3) is 3.12. The van der Waals surface area contributed by atoms with Crippen molar-refractivity contribution in [3.05, 3.63) is 66.2 Å². The van der Waals surface area contributed by atoms with Gasteiger partial charge in [0.25, 0.3) is 5.91 Å². The lowest BCUT2D eigenvalue weighted by Gasteiger charge is -2.35. The van der Waals surface area contributed by atoms with Crippen molar-refractivity contribution in [3.8, 4) is 0 Å². The van der Waals surface area contributed by atoms with Crippen LogP contribution in [-0.4, -0.2) is 37.1 Å². The minimum Gasteiger partial charge on any atom is -0.375 e. The molecule has 1 amide bonds. The molecular weight excluding hydrogens is 276 g/mol. The summed E-state index contributed by atoms with van der Waals surface area (Å²) in [7, 11) is 1.82. The second-order valence-electron chi connectivity index (χ2n) is 5.45. The largest absolute Gasteiger partial charge is 0.375 e. The Morgan fingerprint density at radius 3 is 2.41 bits per heavy atom. The number of hydrogen-bond acceptors (Lipinski definition) is 3. The highest BCUT2D eigenvalue weighted by Gasteiger charge is 2.35. The van der Waals surface area contributed by atoms with Crippen LogP contribution in [0.5, 0.6) is 0 Å². The summed E-state index contributed by atoms with van der Waals surface area (Å²) in [6.07, 6.45) is -0.513. The molecular formula is C18H20N2O2. The molecule has 22 heavy (non-hydrogen) atoms. The van der Waals surface area contributed by atoms with Crippen molar-refractivity contribution in [2.24, 2.45) is 0 Å². The van der Waals surface area contributed by atoms with Crippen LogP contribution in [0.15, 0.2) is 60.7 Å². The Morgan fingerprint density at radius 2 is 1.73 bits per heavy atom. The van der Waals surface area contributed by atoms with Crippen molar-refractivity contribution in [1.29, 1.82) is 0 Å². The Balaban J connectivity index is 1.91. The number of carbonyl (C=O) groups is 1. The number of amides is 1. The Bertz CT molecular complexity index is 615. The smallest absolute Gasteiger partial charge is 0.254 e. The summed E-state index contributed by atoms with van der Waals surface area (Å²) in [5.74, 6) is 0.0172. The van der Waals surface area contributed by atoms with Gasteiger partial charge in [0.15, 0.2) is 6.10 Å². The second-order valence-corrected chi connectivity index (χ2v) is 5.45. The Hall–Kier alpha value is -2.33. The molecule has 2 aromatic rings. The number of nitrogens with zero attached hydrogens (tertiary/aromatic N) is 1. The maximum absolute atomic E-state index is 12.5. The van der Waals surface area contributed by atoms with Gasteiger partial charge in [0.05, 0.1) is 12.6 Å². The first kappa shape index (κ1) is 14.6. The molecule has 1 aliphatic heterocycles. The van der Waals surface area contributed by atoms with Crippen molar-refractivity contribution in [3.63, 3.8) is 0 Å². The van der Waals surface area contributed by atoms with Crippen LogP contribution in [0.3, 0.4) is 0 Å². The molecule has 0 aliphatic carbocycles. The lowest BCUT2D eigenvalue weighted by atomic mass is 9.99. The average Bonchev–Trinajstić information content (AvgIpc) is 2.57. The Morgan fingerprint density at radius 1 is 1.09 bits per heavy atom. The third-order valence-electron chi connectivity index (χ3n) is 3.90. The molecule has 2 aromatic carbocycles. The second kappa shape index (κ2) is 6.62. The Labute approximate surface area is 130 Å². The van der Waals surface area contributed by atoms with Gasteiger partial charge in [0, 0.05) is 19.3 Å². The van der Waals surface area contributed by atoms with Gasteiger partial charge < -0.3 is 15.0 Å². The highest BCUT2D eigenvalue weighted by atomic mass is 16.5. The summed E-state index contributed by atoms with van der Waals surface area (Å²) in [5, 5.41) is 3.44. The van der Waals surface area contributed by atoms with E-state index in [1.54, 1.807) is 4.90 Å². The molecule has 2 atom stereocenters. The van der Waals surface area contributed by atoms with Crippen molar-refractivity contribution < 1.29 is 9.53 Å². The van der Waals surface area contributed by atoms with Gasteiger partial charge in [-0.1, -0.05) is 48.5 Å². The van der Waals surface area contributed by atoms with E-state index in [0.717, 1.165) is 11.3 Å². The van der Waals surface area contributed by atoms with Crippen LogP contribution in [0.2, 0.25) is 0 Å². The zero-order valence-corrected chi connectivity index (χ0v) is 12.6. The van der Waals surface area contributed by atoms with Crippen LogP contribution in [0.4, 0.5) is 5.69 Å². The van der Waals surface area contributed by atoms with E-state index < -0.39 is 6.10 Å². The molecule has 1 saturated heterocycles. The highest BCUT2D eigenvalue weighted by Crippen LogP contribution is 2.27. The van der Waals surface area contributed by atoms with E-state index in [9.17, 15) is 4.79 Å². The zero-order chi connectivity index (χ0) is 15.4. The number of rotatable bonds is 4. The fourth-order valence-electron chi connectivity index (χ4n) is 2.66. The molecule has 4 heteroatoms. The first-order valence-corrected chi connectivity index (χ1v) is 7.49. The van der Waals surface area contributed by atoms with Crippen LogP contribution in [0, 0.1) is 0 Å².